The molecule has 3 atom stereocenters. The van der Waals surface area contributed by atoms with E-state index in [9.17, 15) is 31.1 Å². The van der Waals surface area contributed by atoms with Crippen molar-refractivity contribution in [2.75, 3.05) is 7.11 Å². The number of hydrogen-bond donors (Lipinski definition) is 1. The van der Waals surface area contributed by atoms with Crippen molar-refractivity contribution in [3.63, 3.8) is 0 Å². The highest BCUT2D eigenvalue weighted by molar-refractivity contribution is 7.92. The van der Waals surface area contributed by atoms with Gasteiger partial charge >= 0.3 is 0 Å². The van der Waals surface area contributed by atoms with Crippen LogP contribution in [0.1, 0.15) is 23.3 Å². The van der Waals surface area contributed by atoms with Crippen LogP contribution in [0.25, 0.3) is 0 Å². The van der Waals surface area contributed by atoms with Crippen molar-refractivity contribution in [3.8, 4) is 0 Å². The summed E-state index contributed by atoms with van der Waals surface area (Å²) in [5.41, 5.74) is -1.28. The molecule has 25 heavy (non-hydrogen) atoms. The van der Waals surface area contributed by atoms with Gasteiger partial charge in [0.15, 0.2) is 21.5 Å². The maximum absolute atomic E-state index is 14.0. The molecule has 2 heterocycles. The highest BCUT2D eigenvalue weighted by Crippen LogP contribution is 2.46. The van der Waals surface area contributed by atoms with E-state index < -0.39 is 56.4 Å². The van der Waals surface area contributed by atoms with Crippen molar-refractivity contribution in [1.82, 2.24) is 4.98 Å². The average Bonchev–Trinajstić information content (AvgIpc) is 2.77. The molecule has 0 spiro atoms. The molecule has 0 bridgehead atoms. The number of hydrogen-bond acceptors (Lipinski definition) is 5. The zero-order valence-corrected chi connectivity index (χ0v) is 13.4. The number of aliphatic hydroxyl groups excluding tert-OH is 1. The Balaban J connectivity index is 2.23. The Hall–Kier alpha value is -2.04. The number of sulfone groups is 1. The van der Waals surface area contributed by atoms with E-state index in [1.807, 2.05) is 0 Å². The smallest absolute Gasteiger partial charge is 0.252 e. The van der Waals surface area contributed by atoms with Crippen LogP contribution in [0.15, 0.2) is 29.2 Å². The van der Waals surface area contributed by atoms with Gasteiger partial charge in [-0.3, -0.25) is 0 Å². The third kappa shape index (κ3) is 2.52. The van der Waals surface area contributed by atoms with Gasteiger partial charge in [0.05, 0.1) is 10.5 Å². The van der Waals surface area contributed by atoms with Crippen LogP contribution >= 0.6 is 0 Å². The Bertz CT molecular complexity index is 925. The molecule has 1 aliphatic rings. The predicted molar refractivity (Wildman–Crippen MR) is 76.2 cm³/mol. The molecule has 0 saturated carbocycles. The zero-order chi connectivity index (χ0) is 18.5. The second kappa shape index (κ2) is 6.04. The molecule has 1 aromatic carbocycles. The van der Waals surface area contributed by atoms with E-state index in [1.165, 1.54) is 24.3 Å². The Morgan fingerprint density at radius 2 is 1.68 bits per heavy atom. The molecule has 1 N–H and O–H groups in total. The van der Waals surface area contributed by atoms with Gasteiger partial charge in [-0.15, -0.1) is 0 Å². The lowest BCUT2D eigenvalue weighted by Crippen LogP contribution is -2.32. The third-order valence-corrected chi connectivity index (χ3v) is 6.29. The van der Waals surface area contributed by atoms with E-state index in [1.54, 1.807) is 0 Å². The fourth-order valence-electron chi connectivity index (χ4n) is 2.97. The first kappa shape index (κ1) is 17.8. The molecular formula is C15H11F4NO4S. The highest BCUT2D eigenvalue weighted by atomic mass is 32.2. The van der Waals surface area contributed by atoms with Gasteiger partial charge < -0.3 is 9.84 Å². The topological polar surface area (TPSA) is 76.5 Å². The van der Waals surface area contributed by atoms with E-state index in [-0.39, 0.29) is 10.5 Å². The number of methoxy groups -OCH3 is 1. The van der Waals surface area contributed by atoms with Crippen molar-refractivity contribution in [2.45, 2.75) is 22.4 Å². The number of nitrogens with zero attached hydrogens (tertiary/aromatic N) is 1. The standard InChI is InChI=1S/C15H11F4NO4S/c1-24-12(8-9(16)14(18)20-15(19)10(8)17)13-11(21)6-4-2-3-5-7(6)25(13,22)23/h2-5,11-13,21H,1H3. The SMILES string of the molecule is COC(c1c(F)c(F)nc(F)c1F)C1C(O)c2ccccc2S1(=O)=O. The average molecular weight is 377 g/mol. The number of pyridine rings is 1. The van der Waals surface area contributed by atoms with Crippen molar-refractivity contribution in [1.29, 1.82) is 0 Å². The lowest BCUT2D eigenvalue weighted by atomic mass is 9.98. The van der Waals surface area contributed by atoms with Crippen molar-refractivity contribution < 1.29 is 35.8 Å². The molecule has 0 radical (unpaired) electrons. The first-order chi connectivity index (χ1) is 11.7. The Labute approximate surface area is 139 Å². The Kier molecular flexibility index (Phi) is 4.30. The maximum atomic E-state index is 14.0. The second-order valence-corrected chi connectivity index (χ2v) is 7.46. The van der Waals surface area contributed by atoms with Crippen molar-refractivity contribution in [3.05, 3.63) is 58.9 Å². The summed E-state index contributed by atoms with van der Waals surface area (Å²) in [6.07, 6.45) is -3.70. The number of fused-ring (bicyclic) bond motifs is 1. The Morgan fingerprint density at radius 1 is 1.12 bits per heavy atom. The quantitative estimate of drug-likeness (QED) is 0.656. The van der Waals surface area contributed by atoms with Crippen LogP contribution in [-0.4, -0.2) is 30.9 Å². The van der Waals surface area contributed by atoms with Crippen LogP contribution in [0.5, 0.6) is 0 Å². The maximum Gasteiger partial charge on any atom is 0.252 e. The van der Waals surface area contributed by atoms with Gasteiger partial charge in [0.25, 0.3) is 11.9 Å². The monoisotopic (exact) mass is 377 g/mol. The number of aliphatic hydroxyl groups is 1. The van der Waals surface area contributed by atoms with Crippen LogP contribution in [0.4, 0.5) is 17.6 Å². The summed E-state index contributed by atoms with van der Waals surface area (Å²) in [4.78, 5) is 2.18. The minimum absolute atomic E-state index is 0.00497. The summed E-state index contributed by atoms with van der Waals surface area (Å²) in [5, 5.41) is 8.46. The summed E-state index contributed by atoms with van der Waals surface area (Å²) in [7, 11) is -3.38. The van der Waals surface area contributed by atoms with Gasteiger partial charge in [-0.05, 0) is 6.07 Å². The van der Waals surface area contributed by atoms with E-state index in [2.05, 4.69) is 4.98 Å². The first-order valence-corrected chi connectivity index (χ1v) is 8.50. The zero-order valence-electron chi connectivity index (χ0n) is 12.6. The van der Waals surface area contributed by atoms with E-state index in [0.717, 1.165) is 7.11 Å². The van der Waals surface area contributed by atoms with E-state index >= 15 is 0 Å². The number of benzene rings is 1. The number of halogens is 4. The molecule has 134 valence electrons. The molecule has 0 fully saturated rings. The van der Waals surface area contributed by atoms with Gasteiger partial charge in [-0.25, -0.2) is 17.2 Å². The molecule has 0 saturated heterocycles. The summed E-state index contributed by atoms with van der Waals surface area (Å²) in [5.74, 6) is -7.66. The minimum Gasteiger partial charge on any atom is -0.387 e. The van der Waals surface area contributed by atoms with Gasteiger partial charge in [0.1, 0.15) is 17.5 Å². The third-order valence-electron chi connectivity index (χ3n) is 4.08. The molecule has 0 aliphatic carbocycles. The molecule has 1 aliphatic heterocycles. The molecule has 5 nitrogen and oxygen atoms in total. The lowest BCUT2D eigenvalue weighted by Gasteiger charge is -2.25. The van der Waals surface area contributed by atoms with Crippen LogP contribution < -0.4 is 0 Å². The van der Waals surface area contributed by atoms with Gasteiger partial charge in [0, 0.05) is 12.7 Å². The fraction of sp³-hybridized carbons (Fsp3) is 0.267. The molecule has 0 amide bonds. The summed E-state index contributed by atoms with van der Waals surface area (Å²) in [6.45, 7) is 0. The van der Waals surface area contributed by atoms with Gasteiger partial charge in [-0.1, -0.05) is 18.2 Å². The van der Waals surface area contributed by atoms with Crippen molar-refractivity contribution in [2.24, 2.45) is 0 Å². The second-order valence-electron chi connectivity index (χ2n) is 5.38. The molecule has 3 unspecified atom stereocenters. The molecular weight excluding hydrogens is 366 g/mol. The lowest BCUT2D eigenvalue weighted by molar-refractivity contribution is 0.0452. The van der Waals surface area contributed by atoms with Gasteiger partial charge in [0.2, 0.25) is 0 Å². The van der Waals surface area contributed by atoms with E-state index in [0.29, 0.717) is 0 Å². The fourth-order valence-corrected chi connectivity index (χ4v) is 5.11. The molecule has 3 rings (SSSR count). The van der Waals surface area contributed by atoms with Crippen LogP contribution in [0.2, 0.25) is 0 Å². The summed E-state index contributed by atoms with van der Waals surface area (Å²) >= 11 is 0. The van der Waals surface area contributed by atoms with Crippen LogP contribution in [-0.2, 0) is 14.6 Å². The molecule has 10 heteroatoms. The summed E-state index contributed by atoms with van der Waals surface area (Å²) < 4.78 is 85.1. The first-order valence-electron chi connectivity index (χ1n) is 6.95. The molecule has 1 aromatic heterocycles. The van der Waals surface area contributed by atoms with Crippen LogP contribution in [0, 0.1) is 23.5 Å². The van der Waals surface area contributed by atoms with Gasteiger partial charge in [-0.2, -0.15) is 13.8 Å². The summed E-state index contributed by atoms with van der Waals surface area (Å²) in [6, 6.07) is 5.40. The number of rotatable bonds is 3. The predicted octanol–water partition coefficient (Wildman–Crippen LogP) is 2.21. The minimum atomic E-state index is -4.29. The Morgan fingerprint density at radius 3 is 2.20 bits per heavy atom. The number of aromatic nitrogens is 1. The van der Waals surface area contributed by atoms with Crippen LogP contribution in [0.3, 0.4) is 0 Å². The van der Waals surface area contributed by atoms with Crippen molar-refractivity contribution >= 4 is 9.84 Å². The van der Waals surface area contributed by atoms with E-state index in [4.69, 9.17) is 4.74 Å². The number of ether oxygens (including phenoxy) is 1. The largest absolute Gasteiger partial charge is 0.387 e. The molecule has 2 aromatic rings. The highest BCUT2D eigenvalue weighted by Gasteiger charge is 2.51. The normalized spacial score (nSPS) is 22.6.